The van der Waals surface area contributed by atoms with Crippen LogP contribution in [0.15, 0.2) is 36.9 Å². The van der Waals surface area contributed by atoms with Crippen LogP contribution in [-0.2, 0) is 4.79 Å². The molecule has 0 amide bonds. The number of piperazine rings is 1. The fourth-order valence-corrected chi connectivity index (χ4v) is 4.27. The molecule has 1 aliphatic heterocycles. The maximum Gasteiger partial charge on any atom is 0.149 e. The van der Waals surface area contributed by atoms with Crippen LogP contribution in [0.5, 0.6) is 0 Å². The predicted octanol–water partition coefficient (Wildman–Crippen LogP) is 3.99. The Balaban J connectivity index is 1.42. The summed E-state index contributed by atoms with van der Waals surface area (Å²) in [5.74, 6) is 1.30. The standard InChI is InChI=1S/C21H29ClN2O/c1-2-11-23-12-14-24(15-13-23)16-21(25)19-5-3-17(4-6-19)18-7-9-20(22)10-8-18/h2,7-10,17,19H,1,3-6,11-16H2. The smallest absolute Gasteiger partial charge is 0.149 e. The van der Waals surface area contributed by atoms with Gasteiger partial charge in [-0.25, -0.2) is 0 Å². The van der Waals surface area contributed by atoms with Gasteiger partial charge in [-0.1, -0.05) is 29.8 Å². The third kappa shape index (κ3) is 5.16. The normalized spacial score (nSPS) is 25.6. The van der Waals surface area contributed by atoms with Gasteiger partial charge in [0.1, 0.15) is 5.78 Å². The van der Waals surface area contributed by atoms with E-state index in [2.05, 4.69) is 28.5 Å². The maximum absolute atomic E-state index is 12.7. The molecule has 25 heavy (non-hydrogen) atoms. The van der Waals surface area contributed by atoms with Gasteiger partial charge in [0.2, 0.25) is 0 Å². The molecule has 0 unspecified atom stereocenters. The summed E-state index contributed by atoms with van der Waals surface area (Å²) in [4.78, 5) is 17.4. The second-order valence-electron chi connectivity index (χ2n) is 7.43. The SMILES string of the molecule is C=CCN1CCN(CC(=O)C2CCC(c3ccc(Cl)cc3)CC2)CC1. The van der Waals surface area contributed by atoms with Crippen LogP contribution in [-0.4, -0.2) is 54.9 Å². The van der Waals surface area contributed by atoms with Crippen LogP contribution >= 0.6 is 11.6 Å². The molecule has 1 saturated heterocycles. The first-order valence-corrected chi connectivity index (χ1v) is 9.87. The van der Waals surface area contributed by atoms with Gasteiger partial charge in [-0.15, -0.1) is 6.58 Å². The van der Waals surface area contributed by atoms with Gasteiger partial charge in [-0.3, -0.25) is 14.6 Å². The lowest BCUT2D eigenvalue weighted by atomic mass is 9.77. The van der Waals surface area contributed by atoms with Crippen molar-refractivity contribution in [2.75, 3.05) is 39.3 Å². The number of Topliss-reactive ketones (excluding diaryl/α,β-unsaturated/α-hetero) is 1. The van der Waals surface area contributed by atoms with Crippen LogP contribution in [0.2, 0.25) is 5.02 Å². The number of ketones is 1. The summed E-state index contributed by atoms with van der Waals surface area (Å²) in [5.41, 5.74) is 1.37. The molecular weight excluding hydrogens is 332 g/mol. The minimum atomic E-state index is 0.259. The van der Waals surface area contributed by atoms with Gasteiger partial charge in [0.25, 0.3) is 0 Å². The predicted molar refractivity (Wildman–Crippen MR) is 104 cm³/mol. The fraction of sp³-hybridized carbons (Fsp3) is 0.571. The van der Waals surface area contributed by atoms with Crippen LogP contribution in [0.4, 0.5) is 0 Å². The van der Waals surface area contributed by atoms with Crippen molar-refractivity contribution in [1.29, 1.82) is 0 Å². The maximum atomic E-state index is 12.7. The van der Waals surface area contributed by atoms with Crippen molar-refractivity contribution in [1.82, 2.24) is 9.80 Å². The highest BCUT2D eigenvalue weighted by atomic mass is 35.5. The number of carbonyl (C=O) groups excluding carboxylic acids is 1. The second-order valence-corrected chi connectivity index (χ2v) is 7.87. The topological polar surface area (TPSA) is 23.6 Å². The van der Waals surface area contributed by atoms with E-state index in [1.807, 2.05) is 18.2 Å². The Morgan fingerprint density at radius 2 is 1.64 bits per heavy atom. The van der Waals surface area contributed by atoms with Crippen molar-refractivity contribution in [3.8, 4) is 0 Å². The van der Waals surface area contributed by atoms with E-state index in [9.17, 15) is 4.79 Å². The Hall–Kier alpha value is -1.16. The molecule has 4 heteroatoms. The van der Waals surface area contributed by atoms with E-state index in [0.29, 0.717) is 18.2 Å². The second kappa shape index (κ2) is 8.98. The van der Waals surface area contributed by atoms with E-state index in [-0.39, 0.29) is 5.92 Å². The van der Waals surface area contributed by atoms with E-state index in [0.717, 1.165) is 63.4 Å². The summed E-state index contributed by atoms with van der Waals surface area (Å²) >= 11 is 5.98. The number of rotatable bonds is 6. The molecule has 0 N–H and O–H groups in total. The molecule has 0 bridgehead atoms. The van der Waals surface area contributed by atoms with Gasteiger partial charge in [0, 0.05) is 43.7 Å². The number of hydrogen-bond donors (Lipinski definition) is 0. The van der Waals surface area contributed by atoms with Crippen molar-refractivity contribution < 1.29 is 4.79 Å². The minimum absolute atomic E-state index is 0.259. The molecule has 3 rings (SSSR count). The molecule has 0 radical (unpaired) electrons. The summed E-state index contributed by atoms with van der Waals surface area (Å²) in [6, 6.07) is 8.22. The highest BCUT2D eigenvalue weighted by molar-refractivity contribution is 6.30. The Kier molecular flexibility index (Phi) is 6.69. The molecule has 1 aliphatic carbocycles. The molecular formula is C21H29ClN2O. The Morgan fingerprint density at radius 3 is 2.24 bits per heavy atom. The van der Waals surface area contributed by atoms with Crippen molar-refractivity contribution in [3.63, 3.8) is 0 Å². The van der Waals surface area contributed by atoms with Crippen molar-refractivity contribution in [2.24, 2.45) is 5.92 Å². The van der Waals surface area contributed by atoms with E-state index in [1.165, 1.54) is 5.56 Å². The van der Waals surface area contributed by atoms with Gasteiger partial charge in [0.05, 0.1) is 6.54 Å². The highest BCUT2D eigenvalue weighted by Crippen LogP contribution is 2.36. The van der Waals surface area contributed by atoms with Crippen LogP contribution in [0.1, 0.15) is 37.2 Å². The Morgan fingerprint density at radius 1 is 1.04 bits per heavy atom. The van der Waals surface area contributed by atoms with E-state index in [1.54, 1.807) is 0 Å². The molecule has 1 aromatic rings. The Labute approximate surface area is 156 Å². The van der Waals surface area contributed by atoms with Gasteiger partial charge in [-0.2, -0.15) is 0 Å². The summed E-state index contributed by atoms with van der Waals surface area (Å²) in [6.45, 7) is 9.48. The highest BCUT2D eigenvalue weighted by Gasteiger charge is 2.28. The van der Waals surface area contributed by atoms with Crippen molar-refractivity contribution in [2.45, 2.75) is 31.6 Å². The monoisotopic (exact) mass is 360 g/mol. The van der Waals surface area contributed by atoms with E-state index < -0.39 is 0 Å². The lowest BCUT2D eigenvalue weighted by Crippen LogP contribution is -2.48. The summed E-state index contributed by atoms with van der Waals surface area (Å²) < 4.78 is 0. The summed E-state index contributed by atoms with van der Waals surface area (Å²) in [6.07, 6.45) is 6.25. The zero-order valence-electron chi connectivity index (χ0n) is 15.0. The van der Waals surface area contributed by atoms with Crippen LogP contribution in [0.3, 0.4) is 0 Å². The molecule has 2 fully saturated rings. The van der Waals surface area contributed by atoms with Crippen molar-refractivity contribution in [3.05, 3.63) is 47.5 Å². The van der Waals surface area contributed by atoms with E-state index in [4.69, 9.17) is 11.6 Å². The summed E-state index contributed by atoms with van der Waals surface area (Å²) in [7, 11) is 0. The molecule has 3 nitrogen and oxygen atoms in total. The molecule has 1 heterocycles. The van der Waals surface area contributed by atoms with Gasteiger partial charge < -0.3 is 0 Å². The van der Waals surface area contributed by atoms with Crippen LogP contribution in [0, 0.1) is 5.92 Å². The molecule has 1 saturated carbocycles. The lowest BCUT2D eigenvalue weighted by molar-refractivity contribution is -0.125. The first-order valence-electron chi connectivity index (χ1n) is 9.49. The number of carbonyl (C=O) groups is 1. The zero-order chi connectivity index (χ0) is 17.6. The molecule has 2 aliphatic rings. The molecule has 0 spiro atoms. The minimum Gasteiger partial charge on any atom is -0.298 e. The quantitative estimate of drug-likeness (QED) is 0.717. The number of hydrogen-bond acceptors (Lipinski definition) is 3. The number of nitrogens with zero attached hydrogens (tertiary/aromatic N) is 2. The first kappa shape index (κ1) is 18.6. The average molecular weight is 361 g/mol. The van der Waals surface area contributed by atoms with Crippen molar-refractivity contribution >= 4 is 17.4 Å². The van der Waals surface area contributed by atoms with Crippen LogP contribution in [0.25, 0.3) is 0 Å². The molecule has 1 aromatic carbocycles. The van der Waals surface area contributed by atoms with Gasteiger partial charge >= 0.3 is 0 Å². The first-order chi connectivity index (χ1) is 12.2. The molecule has 136 valence electrons. The molecule has 0 aromatic heterocycles. The zero-order valence-corrected chi connectivity index (χ0v) is 15.8. The average Bonchev–Trinajstić information content (AvgIpc) is 2.64. The summed E-state index contributed by atoms with van der Waals surface area (Å²) in [5, 5.41) is 0.792. The van der Waals surface area contributed by atoms with E-state index >= 15 is 0 Å². The molecule has 0 atom stereocenters. The van der Waals surface area contributed by atoms with Crippen LogP contribution < -0.4 is 0 Å². The van der Waals surface area contributed by atoms with Gasteiger partial charge in [0.15, 0.2) is 0 Å². The number of halogens is 1. The Bertz CT molecular complexity index is 570. The largest absolute Gasteiger partial charge is 0.298 e. The number of benzene rings is 1. The lowest BCUT2D eigenvalue weighted by Gasteiger charge is -2.35. The third-order valence-electron chi connectivity index (χ3n) is 5.76. The fourth-order valence-electron chi connectivity index (χ4n) is 4.15. The van der Waals surface area contributed by atoms with Gasteiger partial charge in [-0.05, 0) is 49.3 Å². The third-order valence-corrected chi connectivity index (χ3v) is 6.01.